The Balaban J connectivity index is 2.58. The van der Waals surface area contributed by atoms with Crippen LogP contribution >= 0.6 is 15.9 Å². The first-order chi connectivity index (χ1) is 9.04. The van der Waals surface area contributed by atoms with Crippen LogP contribution in [0.3, 0.4) is 0 Å². The first kappa shape index (κ1) is 13.8. The summed E-state index contributed by atoms with van der Waals surface area (Å²) in [5, 5.41) is 9.17. The summed E-state index contributed by atoms with van der Waals surface area (Å²) in [5.41, 5.74) is 1.79. The van der Waals surface area contributed by atoms with E-state index in [9.17, 15) is 14.3 Å². The molecule has 0 amide bonds. The SMILES string of the molecule is CCCn1c(C(=O)O)ccc1-c1ccc(F)cc1Br. The van der Waals surface area contributed by atoms with Crippen molar-refractivity contribution in [2.24, 2.45) is 0 Å². The van der Waals surface area contributed by atoms with Gasteiger partial charge in [-0.1, -0.05) is 6.92 Å². The molecule has 3 nitrogen and oxygen atoms in total. The maximum absolute atomic E-state index is 13.1. The molecule has 0 aliphatic carbocycles. The Morgan fingerprint density at radius 3 is 2.68 bits per heavy atom. The number of carboxylic acids is 1. The molecule has 1 N–H and O–H groups in total. The quantitative estimate of drug-likeness (QED) is 0.916. The topological polar surface area (TPSA) is 42.2 Å². The van der Waals surface area contributed by atoms with Gasteiger partial charge in [0.1, 0.15) is 11.5 Å². The molecule has 0 bridgehead atoms. The molecule has 0 unspecified atom stereocenters. The van der Waals surface area contributed by atoms with Crippen LogP contribution in [0.5, 0.6) is 0 Å². The molecule has 0 spiro atoms. The lowest BCUT2D eigenvalue weighted by molar-refractivity contribution is 0.0685. The number of nitrogens with zero attached hydrogens (tertiary/aromatic N) is 1. The zero-order chi connectivity index (χ0) is 14.0. The van der Waals surface area contributed by atoms with E-state index in [2.05, 4.69) is 15.9 Å². The summed E-state index contributed by atoms with van der Waals surface area (Å²) in [6.45, 7) is 2.59. The van der Waals surface area contributed by atoms with Crippen molar-refractivity contribution in [1.82, 2.24) is 4.57 Å². The predicted molar refractivity (Wildman–Crippen MR) is 74.8 cm³/mol. The zero-order valence-corrected chi connectivity index (χ0v) is 11.9. The summed E-state index contributed by atoms with van der Waals surface area (Å²) in [6.07, 6.45) is 0.820. The van der Waals surface area contributed by atoms with Crippen LogP contribution in [0, 0.1) is 5.82 Å². The van der Waals surface area contributed by atoms with Crippen LogP contribution in [0.15, 0.2) is 34.8 Å². The van der Waals surface area contributed by atoms with Crippen molar-refractivity contribution in [2.45, 2.75) is 19.9 Å². The number of rotatable bonds is 4. The molecular formula is C14H13BrFNO2. The molecule has 0 atom stereocenters. The van der Waals surface area contributed by atoms with Gasteiger partial charge in [-0.25, -0.2) is 9.18 Å². The van der Waals surface area contributed by atoms with Gasteiger partial charge in [-0.2, -0.15) is 0 Å². The van der Waals surface area contributed by atoms with E-state index in [4.69, 9.17) is 0 Å². The number of carboxylic acid groups (broad SMARTS) is 1. The maximum atomic E-state index is 13.1. The third-order valence-corrected chi connectivity index (χ3v) is 3.51. The molecule has 1 aromatic carbocycles. The number of benzene rings is 1. The van der Waals surface area contributed by atoms with E-state index in [1.54, 1.807) is 22.8 Å². The first-order valence-electron chi connectivity index (χ1n) is 5.92. The number of hydrogen-bond acceptors (Lipinski definition) is 1. The van der Waals surface area contributed by atoms with Crippen molar-refractivity contribution < 1.29 is 14.3 Å². The van der Waals surface area contributed by atoms with Gasteiger partial charge in [0.25, 0.3) is 0 Å². The Bertz CT molecular complexity index is 622. The number of hydrogen-bond donors (Lipinski definition) is 1. The molecule has 2 rings (SSSR count). The minimum atomic E-state index is -0.960. The monoisotopic (exact) mass is 325 g/mol. The summed E-state index contributed by atoms with van der Waals surface area (Å²) < 4.78 is 15.5. The third kappa shape index (κ3) is 2.71. The fourth-order valence-corrected chi connectivity index (χ4v) is 2.61. The van der Waals surface area contributed by atoms with Crippen LogP contribution in [0.4, 0.5) is 4.39 Å². The molecule has 0 radical (unpaired) electrons. The highest BCUT2D eigenvalue weighted by Gasteiger charge is 2.16. The molecule has 2 aromatic rings. The summed E-state index contributed by atoms with van der Waals surface area (Å²) in [4.78, 5) is 11.2. The second-order valence-corrected chi connectivity index (χ2v) is 5.04. The lowest BCUT2D eigenvalue weighted by Gasteiger charge is -2.12. The lowest BCUT2D eigenvalue weighted by atomic mass is 10.1. The average molecular weight is 326 g/mol. The van der Waals surface area contributed by atoms with E-state index in [-0.39, 0.29) is 11.5 Å². The fourth-order valence-electron chi connectivity index (χ4n) is 2.05. The Kier molecular flexibility index (Phi) is 4.04. The fraction of sp³-hybridized carbons (Fsp3) is 0.214. The van der Waals surface area contributed by atoms with Gasteiger partial charge in [-0.05, 0) is 52.7 Å². The second kappa shape index (κ2) is 5.57. The number of carbonyl (C=O) groups is 1. The minimum absolute atomic E-state index is 0.244. The van der Waals surface area contributed by atoms with Gasteiger partial charge in [-0.3, -0.25) is 0 Å². The Labute approximate surface area is 118 Å². The largest absolute Gasteiger partial charge is 0.477 e. The molecule has 0 saturated heterocycles. The first-order valence-corrected chi connectivity index (χ1v) is 6.72. The van der Waals surface area contributed by atoms with Gasteiger partial charge in [0.2, 0.25) is 0 Å². The van der Waals surface area contributed by atoms with Gasteiger partial charge in [0.15, 0.2) is 0 Å². The number of aromatic nitrogens is 1. The third-order valence-electron chi connectivity index (χ3n) is 2.85. The Morgan fingerprint density at radius 2 is 2.11 bits per heavy atom. The van der Waals surface area contributed by atoms with Crippen LogP contribution < -0.4 is 0 Å². The second-order valence-electron chi connectivity index (χ2n) is 4.18. The summed E-state index contributed by atoms with van der Waals surface area (Å²) >= 11 is 3.31. The Morgan fingerprint density at radius 1 is 1.37 bits per heavy atom. The van der Waals surface area contributed by atoms with Gasteiger partial charge in [0, 0.05) is 22.3 Å². The molecule has 100 valence electrons. The van der Waals surface area contributed by atoms with Crippen LogP contribution in [-0.2, 0) is 6.54 Å². The minimum Gasteiger partial charge on any atom is -0.477 e. The molecular weight excluding hydrogens is 313 g/mol. The number of halogens is 2. The molecule has 19 heavy (non-hydrogen) atoms. The average Bonchev–Trinajstić information content (AvgIpc) is 2.73. The molecule has 0 aliphatic heterocycles. The predicted octanol–water partition coefficient (Wildman–Crippen LogP) is 4.16. The van der Waals surface area contributed by atoms with Crippen molar-refractivity contribution in [1.29, 1.82) is 0 Å². The Hall–Kier alpha value is -1.62. The molecule has 0 fully saturated rings. The van der Waals surface area contributed by atoms with E-state index >= 15 is 0 Å². The van der Waals surface area contributed by atoms with Gasteiger partial charge >= 0.3 is 5.97 Å². The van der Waals surface area contributed by atoms with Crippen LogP contribution in [-0.4, -0.2) is 15.6 Å². The van der Waals surface area contributed by atoms with Crippen molar-refractivity contribution >= 4 is 21.9 Å². The summed E-state index contributed by atoms with van der Waals surface area (Å²) in [7, 11) is 0. The van der Waals surface area contributed by atoms with E-state index in [1.165, 1.54) is 12.1 Å². The highest BCUT2D eigenvalue weighted by molar-refractivity contribution is 9.10. The van der Waals surface area contributed by atoms with E-state index in [0.29, 0.717) is 11.0 Å². The molecule has 0 aliphatic rings. The summed E-state index contributed by atoms with van der Waals surface area (Å²) in [6, 6.07) is 7.70. The van der Waals surface area contributed by atoms with E-state index in [0.717, 1.165) is 17.7 Å². The number of aromatic carboxylic acids is 1. The highest BCUT2D eigenvalue weighted by atomic mass is 79.9. The van der Waals surface area contributed by atoms with Gasteiger partial charge < -0.3 is 9.67 Å². The highest BCUT2D eigenvalue weighted by Crippen LogP contribution is 2.30. The summed E-state index contributed by atoms with van der Waals surface area (Å²) in [5.74, 6) is -1.29. The van der Waals surface area contributed by atoms with E-state index < -0.39 is 5.97 Å². The molecule has 5 heteroatoms. The van der Waals surface area contributed by atoms with Crippen molar-refractivity contribution in [3.63, 3.8) is 0 Å². The van der Waals surface area contributed by atoms with Crippen LogP contribution in [0.25, 0.3) is 11.3 Å². The molecule has 1 aromatic heterocycles. The van der Waals surface area contributed by atoms with Gasteiger partial charge in [-0.15, -0.1) is 0 Å². The van der Waals surface area contributed by atoms with Crippen LogP contribution in [0.1, 0.15) is 23.8 Å². The van der Waals surface area contributed by atoms with Gasteiger partial charge in [0.05, 0.1) is 0 Å². The maximum Gasteiger partial charge on any atom is 0.352 e. The van der Waals surface area contributed by atoms with Crippen molar-refractivity contribution in [2.75, 3.05) is 0 Å². The van der Waals surface area contributed by atoms with Crippen molar-refractivity contribution in [3.05, 3.63) is 46.3 Å². The normalized spacial score (nSPS) is 10.7. The lowest BCUT2D eigenvalue weighted by Crippen LogP contribution is -2.09. The zero-order valence-electron chi connectivity index (χ0n) is 10.4. The standard InChI is InChI=1S/C14H13BrFNO2/c1-2-7-17-12(5-6-13(17)14(18)19)10-4-3-9(16)8-11(10)15/h3-6,8H,2,7H2,1H3,(H,18,19). The van der Waals surface area contributed by atoms with Crippen LogP contribution in [0.2, 0.25) is 0 Å². The smallest absolute Gasteiger partial charge is 0.352 e. The molecule has 1 heterocycles. The van der Waals surface area contributed by atoms with Crippen molar-refractivity contribution in [3.8, 4) is 11.3 Å². The molecule has 0 saturated carbocycles. The van der Waals surface area contributed by atoms with E-state index in [1.807, 2.05) is 6.92 Å².